The van der Waals surface area contributed by atoms with Crippen molar-refractivity contribution in [1.82, 2.24) is 0 Å². The predicted octanol–water partition coefficient (Wildman–Crippen LogP) is 6.11. The molecule has 1 radical (unpaired) electrons. The molecule has 4 aromatic carbocycles. The van der Waals surface area contributed by atoms with Crippen LogP contribution in [0.4, 0.5) is 17.1 Å². The average molecular weight is 294 g/mol. The van der Waals surface area contributed by atoms with Crippen molar-refractivity contribution in [2.24, 2.45) is 0 Å². The summed E-state index contributed by atoms with van der Waals surface area (Å²) in [5.74, 6) is 0. The van der Waals surface area contributed by atoms with E-state index in [9.17, 15) is 0 Å². The minimum absolute atomic E-state index is 1.15. The van der Waals surface area contributed by atoms with Crippen LogP contribution < -0.4 is 4.90 Å². The molecule has 0 aliphatic carbocycles. The lowest BCUT2D eigenvalue weighted by molar-refractivity contribution is 1.30. The molecule has 0 aliphatic heterocycles. The fourth-order valence-electron chi connectivity index (χ4n) is 2.92. The summed E-state index contributed by atoms with van der Waals surface area (Å²) in [4.78, 5) is 2.29. The van der Waals surface area contributed by atoms with Gasteiger partial charge < -0.3 is 4.90 Å². The number of para-hydroxylation sites is 2. The first kappa shape index (κ1) is 13.6. The number of rotatable bonds is 3. The van der Waals surface area contributed by atoms with E-state index in [1.165, 1.54) is 10.8 Å². The highest BCUT2D eigenvalue weighted by atomic mass is 15.1. The summed E-state index contributed by atoms with van der Waals surface area (Å²) >= 11 is 0. The molecule has 0 spiro atoms. The Hall–Kier alpha value is -3.06. The molecule has 0 fully saturated rings. The number of fused-ring (bicyclic) bond motifs is 1. The lowest BCUT2D eigenvalue weighted by Gasteiger charge is -2.26. The van der Waals surface area contributed by atoms with Gasteiger partial charge in [-0.2, -0.15) is 0 Å². The predicted molar refractivity (Wildman–Crippen MR) is 97.5 cm³/mol. The topological polar surface area (TPSA) is 3.24 Å². The van der Waals surface area contributed by atoms with Gasteiger partial charge in [0.1, 0.15) is 0 Å². The van der Waals surface area contributed by atoms with Gasteiger partial charge >= 0.3 is 0 Å². The summed E-state index contributed by atoms with van der Waals surface area (Å²) in [5.41, 5.74) is 3.46. The van der Waals surface area contributed by atoms with Crippen LogP contribution in [0.25, 0.3) is 10.8 Å². The fraction of sp³-hybridized carbons (Fsp3) is 0. The van der Waals surface area contributed by atoms with Crippen molar-refractivity contribution in [3.8, 4) is 0 Å². The molecule has 0 saturated carbocycles. The normalized spacial score (nSPS) is 10.6. The lowest BCUT2D eigenvalue weighted by atomic mass is 10.1. The lowest BCUT2D eigenvalue weighted by Crippen LogP contribution is -2.10. The van der Waals surface area contributed by atoms with Gasteiger partial charge in [-0.3, -0.25) is 0 Å². The summed E-state index contributed by atoms with van der Waals surface area (Å²) in [7, 11) is 0. The average Bonchev–Trinajstić information content (AvgIpc) is 2.64. The minimum atomic E-state index is 1.15. The van der Waals surface area contributed by atoms with Gasteiger partial charge in [-0.05, 0) is 47.9 Å². The number of anilines is 3. The van der Waals surface area contributed by atoms with Crippen molar-refractivity contribution in [1.29, 1.82) is 0 Å². The third-order valence-corrected chi connectivity index (χ3v) is 3.97. The van der Waals surface area contributed by atoms with E-state index in [-0.39, 0.29) is 0 Å². The van der Waals surface area contributed by atoms with Crippen LogP contribution in [0.1, 0.15) is 0 Å². The van der Waals surface area contributed by atoms with E-state index < -0.39 is 0 Å². The van der Waals surface area contributed by atoms with Crippen LogP contribution in [-0.2, 0) is 0 Å². The van der Waals surface area contributed by atoms with Crippen molar-refractivity contribution in [3.05, 3.63) is 103 Å². The van der Waals surface area contributed by atoms with Crippen LogP contribution in [0.2, 0.25) is 0 Å². The fourth-order valence-corrected chi connectivity index (χ4v) is 2.92. The number of nitrogens with zero attached hydrogens (tertiary/aromatic N) is 1. The SMILES string of the molecule is [c]1ccc2cccc(N(c3ccccc3)c3ccccc3)c2c1. The van der Waals surface area contributed by atoms with E-state index >= 15 is 0 Å². The quantitative estimate of drug-likeness (QED) is 0.440. The number of hydrogen-bond donors (Lipinski definition) is 0. The van der Waals surface area contributed by atoms with Crippen molar-refractivity contribution in [2.45, 2.75) is 0 Å². The molecular weight excluding hydrogens is 278 g/mol. The van der Waals surface area contributed by atoms with Gasteiger partial charge in [0, 0.05) is 16.8 Å². The van der Waals surface area contributed by atoms with E-state index in [1.54, 1.807) is 0 Å². The van der Waals surface area contributed by atoms with Gasteiger partial charge in [0.05, 0.1) is 5.69 Å². The van der Waals surface area contributed by atoms with Crippen LogP contribution in [0.15, 0.2) is 97.1 Å². The third-order valence-electron chi connectivity index (χ3n) is 3.97. The molecule has 0 heterocycles. The molecule has 0 aliphatic rings. The van der Waals surface area contributed by atoms with Gasteiger partial charge in [0.15, 0.2) is 0 Å². The molecule has 4 aromatic rings. The van der Waals surface area contributed by atoms with E-state index in [1.807, 2.05) is 18.2 Å². The maximum Gasteiger partial charge on any atom is 0.0540 e. The van der Waals surface area contributed by atoms with Gasteiger partial charge in [-0.25, -0.2) is 0 Å². The van der Waals surface area contributed by atoms with Gasteiger partial charge in [0.2, 0.25) is 0 Å². The monoisotopic (exact) mass is 294 g/mol. The molecule has 0 N–H and O–H groups in total. The van der Waals surface area contributed by atoms with E-state index in [2.05, 4.69) is 89.8 Å². The third kappa shape index (κ3) is 2.58. The molecular formula is C22H16N. The first-order valence-corrected chi connectivity index (χ1v) is 7.72. The highest BCUT2D eigenvalue weighted by Gasteiger charge is 2.13. The zero-order valence-corrected chi connectivity index (χ0v) is 12.7. The molecule has 0 unspecified atom stereocenters. The Morgan fingerprint density at radius 3 is 1.91 bits per heavy atom. The zero-order chi connectivity index (χ0) is 15.5. The van der Waals surface area contributed by atoms with E-state index in [0.29, 0.717) is 0 Å². The molecule has 0 bridgehead atoms. The maximum absolute atomic E-state index is 3.21. The largest absolute Gasteiger partial charge is 0.310 e. The molecule has 0 aromatic heterocycles. The molecule has 0 saturated heterocycles. The maximum atomic E-state index is 3.21. The van der Waals surface area contributed by atoms with E-state index in [0.717, 1.165) is 17.1 Å². The highest BCUT2D eigenvalue weighted by molar-refractivity contribution is 5.98. The minimum Gasteiger partial charge on any atom is -0.310 e. The Morgan fingerprint density at radius 1 is 0.609 bits per heavy atom. The Labute approximate surface area is 136 Å². The first-order chi connectivity index (χ1) is 11.4. The van der Waals surface area contributed by atoms with Crippen LogP contribution in [0.3, 0.4) is 0 Å². The number of benzene rings is 4. The molecule has 0 atom stereocenters. The molecule has 1 heteroatoms. The van der Waals surface area contributed by atoms with Gasteiger partial charge in [0.25, 0.3) is 0 Å². The number of hydrogen-bond acceptors (Lipinski definition) is 1. The van der Waals surface area contributed by atoms with Gasteiger partial charge in [-0.1, -0.05) is 60.7 Å². The zero-order valence-electron chi connectivity index (χ0n) is 12.7. The summed E-state index contributed by atoms with van der Waals surface area (Å²) < 4.78 is 0. The molecule has 109 valence electrons. The van der Waals surface area contributed by atoms with Crippen molar-refractivity contribution >= 4 is 27.8 Å². The second-order valence-electron chi connectivity index (χ2n) is 5.43. The van der Waals surface area contributed by atoms with Crippen LogP contribution in [0, 0.1) is 6.07 Å². The molecule has 4 rings (SSSR count). The summed E-state index contributed by atoms with van der Waals surface area (Å²) in [5, 5.41) is 2.42. The van der Waals surface area contributed by atoms with E-state index in [4.69, 9.17) is 0 Å². The summed E-state index contributed by atoms with van der Waals surface area (Å²) in [6, 6.07) is 36.7. The Balaban J connectivity index is 1.98. The van der Waals surface area contributed by atoms with Crippen molar-refractivity contribution < 1.29 is 0 Å². The molecule has 1 nitrogen and oxygen atoms in total. The highest BCUT2D eigenvalue weighted by Crippen LogP contribution is 2.38. The van der Waals surface area contributed by atoms with Crippen LogP contribution >= 0.6 is 0 Å². The smallest absolute Gasteiger partial charge is 0.0540 e. The Morgan fingerprint density at radius 2 is 1.26 bits per heavy atom. The first-order valence-electron chi connectivity index (χ1n) is 7.72. The second kappa shape index (κ2) is 5.98. The van der Waals surface area contributed by atoms with Crippen molar-refractivity contribution in [3.63, 3.8) is 0 Å². The van der Waals surface area contributed by atoms with Crippen LogP contribution in [0.5, 0.6) is 0 Å². The Bertz CT molecular complexity index is 869. The molecule has 23 heavy (non-hydrogen) atoms. The summed E-state index contributed by atoms with van der Waals surface area (Å²) in [6.45, 7) is 0. The standard InChI is InChI=1S/C22H16N/c1-3-12-19(13-4-1)23(20-14-5-2-6-15-20)22-17-9-11-18-10-7-8-16-21(18)22/h1-7,9-17H. The second-order valence-corrected chi connectivity index (χ2v) is 5.43. The summed E-state index contributed by atoms with van der Waals surface area (Å²) in [6.07, 6.45) is 0. The van der Waals surface area contributed by atoms with Gasteiger partial charge in [-0.15, -0.1) is 0 Å². The van der Waals surface area contributed by atoms with Crippen molar-refractivity contribution in [2.75, 3.05) is 4.90 Å². The Kier molecular flexibility index (Phi) is 3.53. The molecule has 0 amide bonds. The van der Waals surface area contributed by atoms with Crippen LogP contribution in [-0.4, -0.2) is 0 Å².